The van der Waals surface area contributed by atoms with Crippen LogP contribution in [0.1, 0.15) is 41.5 Å². The van der Waals surface area contributed by atoms with Crippen LogP contribution in [0.25, 0.3) is 0 Å². The summed E-state index contributed by atoms with van der Waals surface area (Å²) in [5.74, 6) is -0.202. The van der Waals surface area contributed by atoms with Crippen molar-refractivity contribution in [3.8, 4) is 0 Å². The topological polar surface area (TPSA) is 69.7 Å². The first-order chi connectivity index (χ1) is 13.9. The Hall–Kier alpha value is -2.69. The molecule has 4 atom stereocenters. The lowest BCUT2D eigenvalue weighted by Crippen LogP contribution is -2.54. The highest BCUT2D eigenvalue weighted by molar-refractivity contribution is 6.26. The molecule has 0 spiro atoms. The van der Waals surface area contributed by atoms with E-state index in [4.69, 9.17) is 9.47 Å². The van der Waals surface area contributed by atoms with Gasteiger partial charge in [0, 0.05) is 27.9 Å². The largest absolute Gasteiger partial charge is 0.482 e. The van der Waals surface area contributed by atoms with Gasteiger partial charge in [0.25, 0.3) is 0 Å². The van der Waals surface area contributed by atoms with Gasteiger partial charge < -0.3 is 9.47 Å². The second kappa shape index (κ2) is 5.32. The molecule has 0 saturated carbocycles. The van der Waals surface area contributed by atoms with E-state index in [1.54, 1.807) is 13.0 Å². The van der Waals surface area contributed by atoms with Crippen LogP contribution < -0.4 is 0 Å². The second-order valence-electron chi connectivity index (χ2n) is 10.2. The highest BCUT2D eigenvalue weighted by Crippen LogP contribution is 2.62. The summed E-state index contributed by atoms with van der Waals surface area (Å²) >= 11 is 0. The zero-order valence-electron chi connectivity index (χ0n) is 18.2. The Morgan fingerprint density at radius 3 is 2.43 bits per heavy atom. The smallest absolute Gasteiger partial charge is 0.342 e. The molecule has 0 aromatic rings. The van der Waals surface area contributed by atoms with Gasteiger partial charge in [0.15, 0.2) is 11.6 Å². The maximum atomic E-state index is 12.9. The van der Waals surface area contributed by atoms with Crippen LogP contribution in [0.4, 0.5) is 0 Å². The molecule has 2 aliphatic heterocycles. The van der Waals surface area contributed by atoms with Crippen LogP contribution in [-0.2, 0) is 23.9 Å². The van der Waals surface area contributed by atoms with Crippen LogP contribution in [0.5, 0.6) is 0 Å². The average Bonchev–Trinajstić information content (AvgIpc) is 3.06. The van der Waals surface area contributed by atoms with Crippen molar-refractivity contribution in [3.05, 3.63) is 58.4 Å². The minimum Gasteiger partial charge on any atom is -0.482 e. The fourth-order valence-electron chi connectivity index (χ4n) is 6.16. The normalized spacial score (nSPS) is 40.9. The van der Waals surface area contributed by atoms with Crippen molar-refractivity contribution in [1.82, 2.24) is 0 Å². The highest BCUT2D eigenvalue weighted by atomic mass is 16.5. The van der Waals surface area contributed by atoms with Gasteiger partial charge >= 0.3 is 5.97 Å². The molecule has 5 rings (SSSR count). The van der Waals surface area contributed by atoms with Crippen LogP contribution in [0.3, 0.4) is 0 Å². The molecule has 0 saturated heterocycles. The molecular formula is C25H26O5. The molecule has 0 bridgehead atoms. The Morgan fingerprint density at radius 2 is 1.73 bits per heavy atom. The van der Waals surface area contributed by atoms with Crippen LogP contribution in [-0.4, -0.2) is 29.7 Å². The molecule has 5 nitrogen and oxygen atoms in total. The quantitative estimate of drug-likeness (QED) is 0.348. The number of ether oxygens (including phenoxy) is 2. The lowest BCUT2D eigenvalue weighted by Gasteiger charge is -2.57. The molecule has 0 aromatic carbocycles. The number of hydrogen-bond donors (Lipinski definition) is 0. The second-order valence-corrected chi connectivity index (χ2v) is 10.2. The van der Waals surface area contributed by atoms with Gasteiger partial charge in [0.1, 0.15) is 23.5 Å². The Bertz CT molecular complexity index is 1110. The molecule has 156 valence electrons. The zero-order valence-corrected chi connectivity index (χ0v) is 18.2. The fourth-order valence-corrected chi connectivity index (χ4v) is 6.16. The van der Waals surface area contributed by atoms with Crippen LogP contribution in [0, 0.1) is 22.2 Å². The molecule has 0 radical (unpaired) electrons. The first-order valence-corrected chi connectivity index (χ1v) is 10.4. The third kappa shape index (κ3) is 2.01. The van der Waals surface area contributed by atoms with Crippen molar-refractivity contribution in [3.63, 3.8) is 0 Å². The van der Waals surface area contributed by atoms with Crippen molar-refractivity contribution in [2.75, 3.05) is 6.61 Å². The molecule has 5 heteroatoms. The highest BCUT2D eigenvalue weighted by Gasteiger charge is 2.60. The maximum absolute atomic E-state index is 12.9. The van der Waals surface area contributed by atoms with Crippen LogP contribution >= 0.6 is 0 Å². The zero-order chi connectivity index (χ0) is 21.9. The third-order valence-electron chi connectivity index (χ3n) is 7.97. The van der Waals surface area contributed by atoms with Gasteiger partial charge in [-0.15, -0.1) is 0 Å². The summed E-state index contributed by atoms with van der Waals surface area (Å²) in [6, 6.07) is 0. The minimum absolute atomic E-state index is 0.0271. The van der Waals surface area contributed by atoms with Gasteiger partial charge in [-0.2, -0.15) is 0 Å². The Morgan fingerprint density at radius 1 is 1.03 bits per heavy atom. The van der Waals surface area contributed by atoms with E-state index in [1.165, 1.54) is 0 Å². The summed E-state index contributed by atoms with van der Waals surface area (Å²) < 4.78 is 11.9. The van der Waals surface area contributed by atoms with Gasteiger partial charge in [-0.25, -0.2) is 4.79 Å². The number of cyclic esters (lactones) is 1. The van der Waals surface area contributed by atoms with Crippen molar-refractivity contribution >= 4 is 17.5 Å². The number of allylic oxidation sites excluding steroid dienone is 5. The summed E-state index contributed by atoms with van der Waals surface area (Å²) in [5, 5.41) is 0. The van der Waals surface area contributed by atoms with Gasteiger partial charge in [-0.1, -0.05) is 39.0 Å². The van der Waals surface area contributed by atoms with E-state index < -0.39 is 27.8 Å². The van der Waals surface area contributed by atoms with E-state index >= 15 is 0 Å². The molecule has 0 aromatic heterocycles. The number of hydrogen-bond acceptors (Lipinski definition) is 5. The number of carbonyl (C=O) groups is 3. The average molecular weight is 406 g/mol. The summed E-state index contributed by atoms with van der Waals surface area (Å²) in [6.07, 6.45) is 9.95. The van der Waals surface area contributed by atoms with Gasteiger partial charge in [-0.3, -0.25) is 9.59 Å². The Balaban J connectivity index is 1.79. The monoisotopic (exact) mass is 406 g/mol. The van der Waals surface area contributed by atoms with Gasteiger partial charge in [0.05, 0.1) is 5.41 Å². The third-order valence-corrected chi connectivity index (χ3v) is 7.97. The van der Waals surface area contributed by atoms with E-state index in [0.717, 1.165) is 5.57 Å². The molecular weight excluding hydrogens is 380 g/mol. The fraction of sp³-hybridized carbons (Fsp3) is 0.480. The number of Topliss-reactive ketones (excluding diaryl/α,β-unsaturated/α-hetero) is 1. The summed E-state index contributed by atoms with van der Waals surface area (Å²) in [4.78, 5) is 37.8. The van der Waals surface area contributed by atoms with Crippen molar-refractivity contribution in [1.29, 1.82) is 0 Å². The first-order valence-electron chi connectivity index (χ1n) is 10.4. The molecule has 0 unspecified atom stereocenters. The first kappa shape index (κ1) is 19.3. The Labute approximate surface area is 176 Å². The van der Waals surface area contributed by atoms with Crippen molar-refractivity contribution in [2.24, 2.45) is 22.2 Å². The molecule has 5 aliphatic rings. The van der Waals surface area contributed by atoms with Crippen molar-refractivity contribution < 1.29 is 23.9 Å². The van der Waals surface area contributed by atoms with Crippen LogP contribution in [0.15, 0.2) is 58.4 Å². The standard InChI is InChI=1S/C25H26O5/c1-13-19(27)18-14(12-29-21(18)28)24(5)11-16-23(4)9-8-17(26)22(2,3)15(23)7-10-25(16,6)30-20(13)24/h7-11,15H,12H2,1-6H3/t15-,23-,24+,25-/m0/s1. The molecule has 2 heterocycles. The molecule has 0 N–H and O–H groups in total. The van der Waals surface area contributed by atoms with Crippen LogP contribution in [0.2, 0.25) is 0 Å². The summed E-state index contributed by atoms with van der Waals surface area (Å²) in [7, 11) is 0. The minimum atomic E-state index is -0.746. The van der Waals surface area contributed by atoms with E-state index in [1.807, 2.05) is 39.8 Å². The predicted molar refractivity (Wildman–Crippen MR) is 110 cm³/mol. The lowest BCUT2D eigenvalue weighted by atomic mass is 9.50. The molecule has 30 heavy (non-hydrogen) atoms. The molecule has 0 fully saturated rings. The lowest BCUT2D eigenvalue weighted by molar-refractivity contribution is -0.137. The summed E-state index contributed by atoms with van der Waals surface area (Å²) in [6.45, 7) is 11.9. The number of rotatable bonds is 0. The number of carbonyl (C=O) groups excluding carboxylic acids is 3. The van der Waals surface area contributed by atoms with Crippen molar-refractivity contribution in [2.45, 2.75) is 47.1 Å². The van der Waals surface area contributed by atoms with E-state index in [9.17, 15) is 14.4 Å². The molecule has 3 aliphatic carbocycles. The number of fused-ring (bicyclic) bond motifs is 5. The number of ketones is 2. The van der Waals surface area contributed by atoms with Gasteiger partial charge in [0.2, 0.25) is 0 Å². The van der Waals surface area contributed by atoms with Gasteiger partial charge in [-0.05, 0) is 38.5 Å². The maximum Gasteiger partial charge on any atom is 0.342 e. The molecule has 0 amide bonds. The predicted octanol–water partition coefficient (Wildman–Crippen LogP) is 3.78. The Kier molecular flexibility index (Phi) is 3.42. The van der Waals surface area contributed by atoms with E-state index in [-0.39, 0.29) is 29.7 Å². The van der Waals surface area contributed by atoms with E-state index in [2.05, 4.69) is 19.1 Å². The summed E-state index contributed by atoms with van der Waals surface area (Å²) in [5.41, 5.74) is -0.177. The van der Waals surface area contributed by atoms with E-state index in [0.29, 0.717) is 16.9 Å². The number of esters is 1. The SMILES string of the molecule is CC1=C2O[C@@]3(C)C=C[C@H]4C(C)(C)C(=O)C=C[C@]4(C)C3=C[C@]2(C)C2=C(C(=O)OC2)C1=O.